The highest BCUT2D eigenvalue weighted by molar-refractivity contribution is 7.86. The fraction of sp³-hybridized carbons (Fsp3) is 0.562. The molecule has 0 aliphatic heterocycles. The van der Waals surface area contributed by atoms with E-state index in [1.807, 2.05) is 37.3 Å². The number of Topliss-reactive ketones (excluding diaryl/α,β-unsaturated/α-hetero) is 1. The monoisotopic (exact) mass is 278 g/mol. The molecule has 1 aliphatic rings. The Hall–Kier alpha value is -0.960. The largest absolute Gasteiger partial charge is 0.298 e. The van der Waals surface area contributed by atoms with E-state index >= 15 is 0 Å². The molecule has 0 saturated heterocycles. The van der Waals surface area contributed by atoms with Crippen LogP contribution in [0.2, 0.25) is 0 Å². The summed E-state index contributed by atoms with van der Waals surface area (Å²) < 4.78 is 12.6. The summed E-state index contributed by atoms with van der Waals surface area (Å²) in [5.41, 5.74) is 0.0880. The second-order valence-electron chi connectivity index (χ2n) is 6.50. The van der Waals surface area contributed by atoms with Gasteiger partial charge in [0.15, 0.2) is 5.78 Å². The normalized spacial score (nSPS) is 29.5. The van der Waals surface area contributed by atoms with E-state index in [1.54, 1.807) is 0 Å². The van der Waals surface area contributed by atoms with Crippen LogP contribution in [0.5, 0.6) is 0 Å². The molecule has 1 aromatic rings. The number of carbonyl (C=O) groups excluding carboxylic acids is 1. The summed E-state index contributed by atoms with van der Waals surface area (Å²) in [6, 6.07) is 9.34. The van der Waals surface area contributed by atoms with Gasteiger partial charge < -0.3 is 0 Å². The van der Waals surface area contributed by atoms with E-state index in [-0.39, 0.29) is 22.4 Å². The minimum absolute atomic E-state index is 0.0117. The van der Waals surface area contributed by atoms with Crippen molar-refractivity contribution in [3.63, 3.8) is 0 Å². The molecule has 1 aliphatic carbocycles. The van der Waals surface area contributed by atoms with Gasteiger partial charge in [0, 0.05) is 10.8 Å². The fourth-order valence-electron chi connectivity index (χ4n) is 3.06. The lowest BCUT2D eigenvalue weighted by Crippen LogP contribution is -2.25. The van der Waals surface area contributed by atoms with E-state index < -0.39 is 10.8 Å². The van der Waals surface area contributed by atoms with Crippen LogP contribution in [0, 0.1) is 17.3 Å². The van der Waals surface area contributed by atoms with E-state index in [9.17, 15) is 9.00 Å². The van der Waals surface area contributed by atoms with Crippen LogP contribution >= 0.6 is 0 Å². The minimum atomic E-state index is -1.21. The van der Waals surface area contributed by atoms with Crippen molar-refractivity contribution in [3.05, 3.63) is 30.3 Å². The molecule has 2 rings (SSSR count). The molecule has 0 spiro atoms. The van der Waals surface area contributed by atoms with Gasteiger partial charge in [-0.3, -0.25) is 9.00 Å². The molecule has 0 amide bonds. The Labute approximate surface area is 118 Å². The molecule has 0 aromatic heterocycles. The van der Waals surface area contributed by atoms with Gasteiger partial charge in [-0.05, 0) is 29.9 Å². The van der Waals surface area contributed by atoms with Gasteiger partial charge in [-0.1, -0.05) is 45.9 Å². The highest BCUT2D eigenvalue weighted by Gasteiger charge is 2.46. The van der Waals surface area contributed by atoms with E-state index in [4.69, 9.17) is 0 Å². The summed E-state index contributed by atoms with van der Waals surface area (Å²) >= 11 is 0. The number of rotatable bonds is 2. The molecular formula is C16H22O2S. The lowest BCUT2D eigenvalue weighted by atomic mass is 9.75. The first-order valence-corrected chi connectivity index (χ1v) is 8.03. The van der Waals surface area contributed by atoms with Crippen molar-refractivity contribution in [1.82, 2.24) is 0 Å². The number of hydrogen-bond donors (Lipinski definition) is 0. The molecular weight excluding hydrogens is 256 g/mol. The van der Waals surface area contributed by atoms with E-state index in [1.165, 1.54) is 0 Å². The van der Waals surface area contributed by atoms with Crippen molar-refractivity contribution >= 4 is 16.6 Å². The Bertz CT molecular complexity index is 487. The SMILES string of the molecule is CC1C(=O)C(S(=O)c2ccccc2)CC1C(C)(C)C. The van der Waals surface area contributed by atoms with Gasteiger partial charge in [0.25, 0.3) is 0 Å². The van der Waals surface area contributed by atoms with Crippen molar-refractivity contribution < 1.29 is 9.00 Å². The van der Waals surface area contributed by atoms with Gasteiger partial charge in [0.05, 0.1) is 16.0 Å². The van der Waals surface area contributed by atoms with Gasteiger partial charge in [0.2, 0.25) is 0 Å². The maximum atomic E-state index is 12.6. The standard InChI is InChI=1S/C16H22O2S/c1-11-13(16(2,3)4)10-14(15(11)17)19(18)12-8-6-5-7-9-12/h5-9,11,13-14H,10H2,1-4H3. The molecule has 1 fully saturated rings. The summed E-state index contributed by atoms with van der Waals surface area (Å²) in [5, 5.41) is -0.332. The first-order valence-electron chi connectivity index (χ1n) is 6.81. The zero-order valence-electron chi connectivity index (χ0n) is 12.1. The maximum Gasteiger partial charge on any atom is 0.151 e. The summed E-state index contributed by atoms with van der Waals surface area (Å²) in [7, 11) is -1.21. The third kappa shape index (κ3) is 2.81. The van der Waals surface area contributed by atoms with Crippen LogP contribution in [0.4, 0.5) is 0 Å². The molecule has 0 radical (unpaired) electrons. The number of ketones is 1. The molecule has 0 N–H and O–H groups in total. The van der Waals surface area contributed by atoms with Crippen LogP contribution in [-0.4, -0.2) is 15.2 Å². The molecule has 104 valence electrons. The third-order valence-corrected chi connectivity index (χ3v) is 5.86. The molecule has 3 heteroatoms. The fourth-order valence-corrected chi connectivity index (χ4v) is 4.62. The van der Waals surface area contributed by atoms with Crippen LogP contribution in [0.3, 0.4) is 0 Å². The summed E-state index contributed by atoms with van der Waals surface area (Å²) in [5.74, 6) is 0.498. The first kappa shape index (κ1) is 14.4. The first-order chi connectivity index (χ1) is 8.82. The highest BCUT2D eigenvalue weighted by Crippen LogP contribution is 2.43. The Morgan fingerprint density at radius 3 is 2.21 bits per heavy atom. The lowest BCUT2D eigenvalue weighted by Gasteiger charge is -2.29. The van der Waals surface area contributed by atoms with Crippen molar-refractivity contribution in [2.75, 3.05) is 0 Å². The smallest absolute Gasteiger partial charge is 0.151 e. The second-order valence-corrected chi connectivity index (χ2v) is 8.13. The van der Waals surface area contributed by atoms with Crippen LogP contribution in [0.25, 0.3) is 0 Å². The summed E-state index contributed by atoms with van der Waals surface area (Å²) in [4.78, 5) is 13.2. The number of benzene rings is 1. The second kappa shape index (κ2) is 5.20. The van der Waals surface area contributed by atoms with Gasteiger partial charge in [-0.15, -0.1) is 0 Å². The molecule has 1 aromatic carbocycles. The third-order valence-electron chi connectivity index (χ3n) is 4.18. The van der Waals surface area contributed by atoms with Crippen molar-refractivity contribution in [2.24, 2.45) is 17.3 Å². The molecule has 2 nitrogen and oxygen atoms in total. The molecule has 19 heavy (non-hydrogen) atoms. The molecule has 0 bridgehead atoms. The molecule has 0 heterocycles. The Morgan fingerprint density at radius 1 is 1.16 bits per heavy atom. The quantitative estimate of drug-likeness (QED) is 0.830. The van der Waals surface area contributed by atoms with Crippen LogP contribution in [0.1, 0.15) is 34.1 Å². The molecule has 1 saturated carbocycles. The average Bonchev–Trinajstić information content (AvgIpc) is 2.66. The summed E-state index contributed by atoms with van der Waals surface area (Å²) in [6.45, 7) is 8.47. The minimum Gasteiger partial charge on any atom is -0.298 e. The average molecular weight is 278 g/mol. The van der Waals surface area contributed by atoms with Gasteiger partial charge in [-0.2, -0.15) is 0 Å². The van der Waals surface area contributed by atoms with Crippen molar-refractivity contribution in [3.8, 4) is 0 Å². The predicted molar refractivity (Wildman–Crippen MR) is 78.4 cm³/mol. The van der Waals surface area contributed by atoms with E-state index in [0.29, 0.717) is 5.92 Å². The lowest BCUT2D eigenvalue weighted by molar-refractivity contribution is -0.121. The van der Waals surface area contributed by atoms with Gasteiger partial charge in [-0.25, -0.2) is 0 Å². The molecule has 4 unspecified atom stereocenters. The Balaban J connectivity index is 2.24. The Kier molecular flexibility index (Phi) is 3.95. The number of hydrogen-bond acceptors (Lipinski definition) is 2. The topological polar surface area (TPSA) is 34.1 Å². The maximum absolute atomic E-state index is 12.6. The number of carbonyl (C=O) groups is 1. The van der Waals surface area contributed by atoms with Crippen molar-refractivity contribution in [2.45, 2.75) is 44.3 Å². The van der Waals surface area contributed by atoms with E-state index in [0.717, 1.165) is 11.3 Å². The summed E-state index contributed by atoms with van der Waals surface area (Å²) in [6.07, 6.45) is 0.741. The highest BCUT2D eigenvalue weighted by atomic mass is 32.2. The van der Waals surface area contributed by atoms with Crippen LogP contribution in [-0.2, 0) is 15.6 Å². The zero-order valence-corrected chi connectivity index (χ0v) is 12.9. The van der Waals surface area contributed by atoms with Crippen LogP contribution < -0.4 is 0 Å². The van der Waals surface area contributed by atoms with Crippen molar-refractivity contribution in [1.29, 1.82) is 0 Å². The zero-order chi connectivity index (χ0) is 14.2. The molecule has 4 atom stereocenters. The van der Waals surface area contributed by atoms with E-state index in [2.05, 4.69) is 20.8 Å². The van der Waals surface area contributed by atoms with Crippen LogP contribution in [0.15, 0.2) is 35.2 Å². The Morgan fingerprint density at radius 2 is 1.74 bits per heavy atom. The predicted octanol–water partition coefficient (Wildman–Crippen LogP) is 3.43. The van der Waals surface area contributed by atoms with Gasteiger partial charge in [0.1, 0.15) is 0 Å². The van der Waals surface area contributed by atoms with Gasteiger partial charge >= 0.3 is 0 Å².